The van der Waals surface area contributed by atoms with Gasteiger partial charge in [0.2, 0.25) is 5.91 Å². The van der Waals surface area contributed by atoms with Crippen LogP contribution in [0.2, 0.25) is 0 Å². The predicted molar refractivity (Wildman–Crippen MR) is 76.3 cm³/mol. The van der Waals surface area contributed by atoms with Crippen LogP contribution in [0.15, 0.2) is 48.5 Å². The maximum Gasteiger partial charge on any atom is 0.227 e. The summed E-state index contributed by atoms with van der Waals surface area (Å²) >= 11 is 0. The first-order chi connectivity index (χ1) is 9.65. The molecule has 20 heavy (non-hydrogen) atoms. The largest absolute Gasteiger partial charge is 0.493 e. The summed E-state index contributed by atoms with van der Waals surface area (Å²) in [5.74, 6) is 0.00639. The molecule has 2 rings (SSSR count). The molecule has 0 saturated heterocycles. The number of amides is 1. The molecular formula is C16H16FNO2. The Bertz CT molecular complexity index is 599. The third kappa shape index (κ3) is 4.09. The molecule has 1 N–H and O–H groups in total. The fraction of sp³-hybridized carbons (Fsp3) is 0.188. The van der Waals surface area contributed by atoms with Crippen LogP contribution in [-0.2, 0) is 4.79 Å². The Morgan fingerprint density at radius 3 is 2.75 bits per heavy atom. The van der Waals surface area contributed by atoms with Crippen molar-refractivity contribution in [3.63, 3.8) is 0 Å². The van der Waals surface area contributed by atoms with Crippen molar-refractivity contribution < 1.29 is 13.9 Å². The maximum atomic E-state index is 13.3. The lowest BCUT2D eigenvalue weighted by Gasteiger charge is -2.08. The number of rotatable bonds is 5. The maximum absolute atomic E-state index is 13.3. The summed E-state index contributed by atoms with van der Waals surface area (Å²) < 4.78 is 18.8. The molecule has 0 atom stereocenters. The van der Waals surface area contributed by atoms with Gasteiger partial charge in [-0.15, -0.1) is 0 Å². The highest BCUT2D eigenvalue weighted by atomic mass is 19.1. The average Bonchev–Trinajstić information content (AvgIpc) is 2.41. The summed E-state index contributed by atoms with van der Waals surface area (Å²) in [6, 6.07) is 13.7. The highest BCUT2D eigenvalue weighted by Crippen LogP contribution is 2.14. The number of ether oxygens (including phenoxy) is 1. The van der Waals surface area contributed by atoms with E-state index >= 15 is 0 Å². The third-order valence-corrected chi connectivity index (χ3v) is 2.74. The molecule has 0 aliphatic rings. The Labute approximate surface area is 117 Å². The van der Waals surface area contributed by atoms with Gasteiger partial charge in [0.05, 0.1) is 18.7 Å². The molecule has 2 aromatic carbocycles. The van der Waals surface area contributed by atoms with E-state index in [4.69, 9.17) is 4.74 Å². The van der Waals surface area contributed by atoms with Gasteiger partial charge in [-0.25, -0.2) is 4.39 Å². The van der Waals surface area contributed by atoms with Gasteiger partial charge in [-0.3, -0.25) is 4.79 Å². The molecule has 104 valence electrons. The Balaban J connectivity index is 1.80. The molecule has 1 amide bonds. The number of carbonyl (C=O) groups excluding carboxylic acids is 1. The highest BCUT2D eigenvalue weighted by Gasteiger charge is 2.06. The molecule has 0 unspecified atom stereocenters. The Morgan fingerprint density at radius 1 is 1.20 bits per heavy atom. The average molecular weight is 273 g/mol. The molecule has 4 heteroatoms. The summed E-state index contributed by atoms with van der Waals surface area (Å²) in [5.41, 5.74) is 1.28. The third-order valence-electron chi connectivity index (χ3n) is 2.74. The van der Waals surface area contributed by atoms with Gasteiger partial charge in [0.15, 0.2) is 0 Å². The highest BCUT2D eigenvalue weighted by molar-refractivity contribution is 5.90. The first kappa shape index (κ1) is 14.1. The van der Waals surface area contributed by atoms with Gasteiger partial charge in [-0.1, -0.05) is 24.3 Å². The molecular weight excluding hydrogens is 257 g/mol. The first-order valence-electron chi connectivity index (χ1n) is 6.39. The van der Waals surface area contributed by atoms with Crippen LogP contribution in [0.1, 0.15) is 12.0 Å². The predicted octanol–water partition coefficient (Wildman–Crippen LogP) is 3.54. The standard InChI is InChI=1S/C16H16FNO2/c1-12-5-4-6-13(11-12)20-10-9-16(19)18-15-8-3-2-7-14(15)17/h2-8,11H,9-10H2,1H3,(H,18,19). The number of nitrogens with one attached hydrogen (secondary N) is 1. The lowest BCUT2D eigenvalue weighted by atomic mass is 10.2. The number of hydrogen-bond donors (Lipinski definition) is 1. The molecule has 0 bridgehead atoms. The first-order valence-corrected chi connectivity index (χ1v) is 6.39. The van der Waals surface area contributed by atoms with Crippen molar-refractivity contribution in [1.29, 1.82) is 0 Å². The number of hydrogen-bond acceptors (Lipinski definition) is 2. The lowest BCUT2D eigenvalue weighted by molar-refractivity contribution is -0.116. The number of carbonyl (C=O) groups is 1. The van der Waals surface area contributed by atoms with Crippen molar-refractivity contribution in [2.24, 2.45) is 0 Å². The fourth-order valence-electron chi connectivity index (χ4n) is 1.74. The van der Waals surface area contributed by atoms with Gasteiger partial charge in [-0.05, 0) is 36.8 Å². The van der Waals surface area contributed by atoms with Crippen molar-refractivity contribution in [2.45, 2.75) is 13.3 Å². The summed E-state index contributed by atoms with van der Waals surface area (Å²) in [7, 11) is 0. The second-order valence-corrected chi connectivity index (χ2v) is 4.44. The quantitative estimate of drug-likeness (QED) is 0.904. The Morgan fingerprint density at radius 2 is 2.00 bits per heavy atom. The van der Waals surface area contributed by atoms with Gasteiger partial charge in [0.1, 0.15) is 11.6 Å². The van der Waals surface area contributed by atoms with Crippen LogP contribution >= 0.6 is 0 Å². The van der Waals surface area contributed by atoms with Crippen LogP contribution in [-0.4, -0.2) is 12.5 Å². The van der Waals surface area contributed by atoms with Crippen molar-refractivity contribution in [3.05, 3.63) is 59.9 Å². The number of anilines is 1. The van der Waals surface area contributed by atoms with Crippen molar-refractivity contribution >= 4 is 11.6 Å². The molecule has 0 heterocycles. The normalized spacial score (nSPS) is 10.1. The van der Waals surface area contributed by atoms with E-state index in [2.05, 4.69) is 5.32 Å². The lowest BCUT2D eigenvalue weighted by Crippen LogP contribution is -2.16. The van der Waals surface area contributed by atoms with Crippen LogP contribution in [0.4, 0.5) is 10.1 Å². The second-order valence-electron chi connectivity index (χ2n) is 4.44. The topological polar surface area (TPSA) is 38.3 Å². The molecule has 0 fully saturated rings. The van der Waals surface area contributed by atoms with Crippen LogP contribution in [0.3, 0.4) is 0 Å². The Kier molecular flexibility index (Phi) is 4.71. The van der Waals surface area contributed by atoms with E-state index in [1.807, 2.05) is 31.2 Å². The summed E-state index contributed by atoms with van der Waals surface area (Å²) in [4.78, 5) is 11.7. The number of halogens is 1. The monoisotopic (exact) mass is 273 g/mol. The second kappa shape index (κ2) is 6.70. The summed E-state index contributed by atoms with van der Waals surface area (Å²) in [6.45, 7) is 2.22. The van der Waals surface area contributed by atoms with Gasteiger partial charge in [-0.2, -0.15) is 0 Å². The van der Waals surface area contributed by atoms with Crippen LogP contribution in [0.5, 0.6) is 5.75 Å². The molecule has 0 aromatic heterocycles. The van der Waals surface area contributed by atoms with Crippen molar-refractivity contribution in [3.8, 4) is 5.75 Å². The molecule has 2 aromatic rings. The number of para-hydroxylation sites is 1. The van der Waals surface area contributed by atoms with Gasteiger partial charge in [0, 0.05) is 0 Å². The molecule has 3 nitrogen and oxygen atoms in total. The number of benzene rings is 2. The van der Waals surface area contributed by atoms with E-state index in [1.165, 1.54) is 12.1 Å². The van der Waals surface area contributed by atoms with E-state index in [-0.39, 0.29) is 24.6 Å². The zero-order chi connectivity index (χ0) is 14.4. The summed E-state index contributed by atoms with van der Waals surface area (Å²) in [5, 5.41) is 2.51. The van der Waals surface area contributed by atoms with E-state index < -0.39 is 5.82 Å². The minimum atomic E-state index is -0.444. The Hall–Kier alpha value is -2.36. The van der Waals surface area contributed by atoms with Gasteiger partial charge in [0.25, 0.3) is 0 Å². The van der Waals surface area contributed by atoms with E-state index in [0.717, 1.165) is 11.3 Å². The van der Waals surface area contributed by atoms with Crippen LogP contribution < -0.4 is 10.1 Å². The molecule has 0 aliphatic carbocycles. The molecule has 0 radical (unpaired) electrons. The molecule has 0 aliphatic heterocycles. The minimum absolute atomic E-state index is 0.169. The van der Waals surface area contributed by atoms with Gasteiger partial charge >= 0.3 is 0 Å². The smallest absolute Gasteiger partial charge is 0.227 e. The summed E-state index contributed by atoms with van der Waals surface area (Å²) in [6.07, 6.45) is 0.169. The van der Waals surface area contributed by atoms with Crippen molar-refractivity contribution in [2.75, 3.05) is 11.9 Å². The van der Waals surface area contributed by atoms with Crippen LogP contribution in [0.25, 0.3) is 0 Å². The van der Waals surface area contributed by atoms with Crippen molar-refractivity contribution in [1.82, 2.24) is 0 Å². The molecule has 0 saturated carbocycles. The fourth-order valence-corrected chi connectivity index (χ4v) is 1.74. The van der Waals surface area contributed by atoms with Crippen LogP contribution in [0, 0.1) is 12.7 Å². The SMILES string of the molecule is Cc1cccc(OCCC(=O)Nc2ccccc2F)c1. The van der Waals surface area contributed by atoms with Gasteiger partial charge < -0.3 is 10.1 Å². The zero-order valence-corrected chi connectivity index (χ0v) is 11.2. The zero-order valence-electron chi connectivity index (χ0n) is 11.2. The minimum Gasteiger partial charge on any atom is -0.493 e. The van der Waals surface area contributed by atoms with E-state index in [9.17, 15) is 9.18 Å². The van der Waals surface area contributed by atoms with E-state index in [1.54, 1.807) is 12.1 Å². The number of aryl methyl sites for hydroxylation is 1. The molecule has 0 spiro atoms. The van der Waals surface area contributed by atoms with E-state index in [0.29, 0.717) is 0 Å².